The van der Waals surface area contributed by atoms with Crippen LogP contribution in [0.3, 0.4) is 0 Å². The molecule has 238 valence electrons. The number of nitrogens with zero attached hydrogens (tertiary/aromatic N) is 3. The van der Waals surface area contributed by atoms with E-state index in [1.165, 1.54) is 25.7 Å². The monoisotopic (exact) mass is 614 g/mol. The molecule has 1 N–H and O–H groups in total. The number of fused-ring (bicyclic) bond motifs is 4. The fourth-order valence-corrected chi connectivity index (χ4v) is 7.82. The van der Waals surface area contributed by atoms with Gasteiger partial charge in [-0.05, 0) is 80.8 Å². The number of benzene rings is 2. The molecule has 0 aromatic heterocycles. The molecule has 0 bridgehead atoms. The van der Waals surface area contributed by atoms with Gasteiger partial charge in [0.25, 0.3) is 11.8 Å². The summed E-state index contributed by atoms with van der Waals surface area (Å²) in [7, 11) is 3.21. The molecule has 6 aliphatic rings. The van der Waals surface area contributed by atoms with Gasteiger partial charge in [0.1, 0.15) is 0 Å². The van der Waals surface area contributed by atoms with Crippen molar-refractivity contribution in [1.29, 1.82) is 0 Å². The fourth-order valence-electron chi connectivity index (χ4n) is 7.82. The van der Waals surface area contributed by atoms with Gasteiger partial charge in [0.05, 0.1) is 56.0 Å². The third-order valence-corrected chi connectivity index (χ3v) is 10.9. The van der Waals surface area contributed by atoms with E-state index in [4.69, 9.17) is 23.9 Å². The number of ether oxygens (including phenoxy) is 4. The van der Waals surface area contributed by atoms with E-state index < -0.39 is 0 Å². The van der Waals surface area contributed by atoms with Crippen LogP contribution in [0.15, 0.2) is 29.3 Å². The number of aliphatic imine (C=N–C) groups is 1. The van der Waals surface area contributed by atoms with Gasteiger partial charge < -0.3 is 34.1 Å². The van der Waals surface area contributed by atoms with E-state index in [2.05, 4.69) is 10.2 Å². The van der Waals surface area contributed by atoms with Crippen LogP contribution in [0.1, 0.15) is 78.5 Å². The summed E-state index contributed by atoms with van der Waals surface area (Å²) < 4.78 is 23.5. The quantitative estimate of drug-likeness (QED) is 0.355. The number of carbonyl (C=O) groups excluding carboxylic acids is 2. The topological polar surface area (TPSA) is 102 Å². The lowest BCUT2D eigenvalue weighted by molar-refractivity contribution is 0.0741. The van der Waals surface area contributed by atoms with Gasteiger partial charge in [-0.1, -0.05) is 0 Å². The Morgan fingerprint density at radius 1 is 0.778 bits per heavy atom. The Balaban J connectivity index is 0.842. The van der Waals surface area contributed by atoms with Crippen molar-refractivity contribution >= 4 is 29.4 Å². The highest BCUT2D eigenvalue weighted by atomic mass is 16.5. The Morgan fingerprint density at radius 2 is 1.40 bits per heavy atom. The Kier molecular flexibility index (Phi) is 6.87. The second-order valence-corrected chi connectivity index (χ2v) is 14.0. The van der Waals surface area contributed by atoms with Crippen molar-refractivity contribution < 1.29 is 28.5 Å². The molecule has 0 unspecified atom stereocenters. The van der Waals surface area contributed by atoms with Gasteiger partial charge >= 0.3 is 0 Å². The molecule has 45 heavy (non-hydrogen) atoms. The molecular formula is C35H42N4O6. The lowest BCUT2D eigenvalue weighted by Gasteiger charge is -2.21. The minimum atomic E-state index is 0.0291. The molecule has 2 saturated carbocycles. The predicted molar refractivity (Wildman–Crippen MR) is 170 cm³/mol. The molecule has 2 atom stereocenters. The molecule has 0 radical (unpaired) electrons. The Bertz CT molecular complexity index is 1560. The van der Waals surface area contributed by atoms with Crippen LogP contribution in [0.25, 0.3) is 0 Å². The minimum absolute atomic E-state index is 0.0291. The van der Waals surface area contributed by atoms with Crippen LogP contribution in [0, 0.1) is 10.8 Å². The maximum Gasteiger partial charge on any atom is 0.256 e. The van der Waals surface area contributed by atoms with Crippen LogP contribution in [0.5, 0.6) is 23.0 Å². The molecule has 2 aromatic carbocycles. The molecule has 2 aliphatic carbocycles. The summed E-state index contributed by atoms with van der Waals surface area (Å²) in [6.45, 7) is 3.50. The maximum absolute atomic E-state index is 13.4. The SMILES string of the molecule is COc1cc2c(cc1OCCCCCOc1cc3c(cc1OC)C(=O)N1CC4(CC4)C[C@H]1CN3)N=C[C@@H]1CC3(CC3)CN1C2=O. The number of unbranched alkanes of at least 4 members (excludes halogenated alkanes) is 2. The molecule has 2 saturated heterocycles. The highest BCUT2D eigenvalue weighted by Crippen LogP contribution is 2.56. The van der Waals surface area contributed by atoms with E-state index in [0.29, 0.717) is 63.9 Å². The summed E-state index contributed by atoms with van der Waals surface area (Å²) in [5.74, 6) is 2.49. The van der Waals surface area contributed by atoms with E-state index in [1.54, 1.807) is 20.3 Å². The van der Waals surface area contributed by atoms with E-state index >= 15 is 0 Å². The van der Waals surface area contributed by atoms with Crippen molar-refractivity contribution in [2.45, 2.75) is 69.9 Å². The number of rotatable bonds is 10. The Labute approximate surface area is 264 Å². The molecule has 10 nitrogen and oxygen atoms in total. The first kappa shape index (κ1) is 28.5. The summed E-state index contributed by atoms with van der Waals surface area (Å²) >= 11 is 0. The van der Waals surface area contributed by atoms with E-state index in [9.17, 15) is 9.59 Å². The van der Waals surface area contributed by atoms with Crippen LogP contribution in [0.4, 0.5) is 11.4 Å². The number of methoxy groups -OCH3 is 2. The minimum Gasteiger partial charge on any atom is -0.493 e. The van der Waals surface area contributed by atoms with Crippen LogP contribution in [0.2, 0.25) is 0 Å². The number of nitrogens with one attached hydrogen (secondary N) is 1. The Hall–Kier alpha value is -3.95. The van der Waals surface area contributed by atoms with Crippen LogP contribution < -0.4 is 24.3 Å². The van der Waals surface area contributed by atoms with Crippen molar-refractivity contribution in [2.75, 3.05) is 52.4 Å². The van der Waals surface area contributed by atoms with Crippen molar-refractivity contribution in [3.63, 3.8) is 0 Å². The average molecular weight is 615 g/mol. The second kappa shape index (κ2) is 10.8. The highest BCUT2D eigenvalue weighted by molar-refractivity contribution is 6.04. The zero-order valence-corrected chi connectivity index (χ0v) is 26.2. The Morgan fingerprint density at radius 3 is 2.09 bits per heavy atom. The molecule has 10 heteroatoms. The molecule has 4 fully saturated rings. The normalized spacial score (nSPS) is 24.3. The van der Waals surface area contributed by atoms with Gasteiger partial charge in [0.2, 0.25) is 0 Å². The zero-order valence-electron chi connectivity index (χ0n) is 26.2. The molecule has 2 spiro atoms. The molecule has 4 aliphatic heterocycles. The largest absolute Gasteiger partial charge is 0.493 e. The predicted octanol–water partition coefficient (Wildman–Crippen LogP) is 5.46. The molecule has 2 amide bonds. The van der Waals surface area contributed by atoms with Crippen molar-refractivity contribution in [3.05, 3.63) is 35.4 Å². The van der Waals surface area contributed by atoms with Gasteiger partial charge in [-0.3, -0.25) is 14.6 Å². The van der Waals surface area contributed by atoms with Crippen molar-refractivity contribution in [1.82, 2.24) is 9.80 Å². The van der Waals surface area contributed by atoms with E-state index in [0.717, 1.165) is 57.4 Å². The number of anilines is 1. The van der Waals surface area contributed by atoms with Crippen molar-refractivity contribution in [2.24, 2.45) is 15.8 Å². The smallest absolute Gasteiger partial charge is 0.256 e. The fraction of sp³-hybridized carbons (Fsp3) is 0.571. The third-order valence-electron chi connectivity index (χ3n) is 10.9. The summed E-state index contributed by atoms with van der Waals surface area (Å²) in [5, 5.41) is 3.51. The summed E-state index contributed by atoms with van der Waals surface area (Å²) in [4.78, 5) is 35.6. The summed E-state index contributed by atoms with van der Waals surface area (Å²) in [5.41, 5.74) is 3.39. The summed E-state index contributed by atoms with van der Waals surface area (Å²) in [6.07, 6.45) is 11.5. The van der Waals surface area contributed by atoms with Gasteiger partial charge in [-0.25, -0.2) is 0 Å². The number of carbonyl (C=O) groups is 2. The van der Waals surface area contributed by atoms with Crippen LogP contribution >= 0.6 is 0 Å². The van der Waals surface area contributed by atoms with Gasteiger partial charge in [-0.15, -0.1) is 0 Å². The lowest BCUT2D eigenvalue weighted by atomic mass is 10.0. The maximum atomic E-state index is 13.4. The standard InChI is InChI=1S/C35H42N4O6/c1-42-28-12-24-26(36-18-22-16-34(6-7-34)20-38(22)32(24)40)14-30(28)44-10-4-3-5-11-45-31-15-27-25(13-29(31)43-2)33(41)39-21-35(8-9-35)17-23(39)19-37-27/h12-15,18,22-23,37H,3-11,16-17,19-21H2,1-2H3/t22-,23-/m0/s1. The second-order valence-electron chi connectivity index (χ2n) is 14.0. The number of hydrogen-bond donors (Lipinski definition) is 1. The van der Waals surface area contributed by atoms with Crippen LogP contribution in [-0.2, 0) is 0 Å². The lowest BCUT2D eigenvalue weighted by Crippen LogP contribution is -2.37. The highest BCUT2D eigenvalue weighted by Gasteiger charge is 2.54. The number of hydrogen-bond acceptors (Lipinski definition) is 8. The molecular weight excluding hydrogens is 572 g/mol. The average Bonchev–Trinajstić information content (AvgIpc) is 3.93. The molecule has 2 aromatic rings. The van der Waals surface area contributed by atoms with E-state index in [1.807, 2.05) is 29.3 Å². The zero-order chi connectivity index (χ0) is 30.8. The van der Waals surface area contributed by atoms with Gasteiger partial charge in [0, 0.05) is 44.0 Å². The van der Waals surface area contributed by atoms with Crippen molar-refractivity contribution in [3.8, 4) is 23.0 Å². The first-order chi connectivity index (χ1) is 21.9. The third kappa shape index (κ3) is 5.16. The van der Waals surface area contributed by atoms with Gasteiger partial charge in [-0.2, -0.15) is 0 Å². The first-order valence-electron chi connectivity index (χ1n) is 16.5. The number of amides is 2. The summed E-state index contributed by atoms with van der Waals surface area (Å²) in [6, 6.07) is 7.67. The van der Waals surface area contributed by atoms with E-state index in [-0.39, 0.29) is 23.9 Å². The first-order valence-corrected chi connectivity index (χ1v) is 16.5. The van der Waals surface area contributed by atoms with Gasteiger partial charge in [0.15, 0.2) is 23.0 Å². The molecule has 8 rings (SSSR count). The van der Waals surface area contributed by atoms with Crippen LogP contribution in [-0.4, -0.2) is 87.0 Å². The molecule has 4 heterocycles.